The number of alkyl halides is 4. The van der Waals surface area contributed by atoms with Gasteiger partial charge in [0.05, 0.1) is 21.2 Å². The fraction of sp³-hybridized carbons (Fsp3) is 0.143. The van der Waals surface area contributed by atoms with E-state index >= 15 is 0 Å². The second-order valence-corrected chi connectivity index (χ2v) is 11.0. The van der Waals surface area contributed by atoms with Crippen molar-refractivity contribution in [3.8, 4) is 23.0 Å². The number of hydrogen-bond acceptors (Lipinski definition) is 6. The van der Waals surface area contributed by atoms with Gasteiger partial charge in [-0.25, -0.2) is 9.59 Å². The summed E-state index contributed by atoms with van der Waals surface area (Å²) in [5.74, 6) is -3.40. The second kappa shape index (κ2) is 7.26. The Morgan fingerprint density at radius 1 is 0.912 bits per heavy atom. The first-order valence-corrected chi connectivity index (χ1v) is 11.4. The average Bonchev–Trinajstić information content (AvgIpc) is 3.03. The maximum atomic E-state index is 13.3. The fourth-order valence-corrected chi connectivity index (χ4v) is 6.29. The number of rotatable bonds is 1. The molecule has 0 amide bonds. The van der Waals surface area contributed by atoms with Gasteiger partial charge in [-0.3, -0.25) is 0 Å². The van der Waals surface area contributed by atoms with Crippen molar-refractivity contribution in [1.82, 2.24) is 0 Å². The average molecular weight is 585 g/mol. The monoisotopic (exact) mass is 582 g/mol. The summed E-state index contributed by atoms with van der Waals surface area (Å²) in [6, 6.07) is 6.21. The van der Waals surface area contributed by atoms with Gasteiger partial charge in [-0.05, 0) is 18.2 Å². The zero-order valence-electron chi connectivity index (χ0n) is 16.1. The van der Waals surface area contributed by atoms with Crippen molar-refractivity contribution in [2.45, 2.75) is 14.3 Å². The standard InChI is InChI=1S/C21H8Cl6O7/c22-9-4-8-12(5-10(9)29)33-11-3-6(28)1-2-7(11)19(8)15-13(18(32)34-19)21(26,27)16(23)14(17(30)31)20(15,24)25/h1-5,28-29H,(H,30,31). The van der Waals surface area contributed by atoms with E-state index < -0.39 is 42.4 Å². The van der Waals surface area contributed by atoms with Gasteiger partial charge in [-0.15, -0.1) is 0 Å². The molecule has 0 fully saturated rings. The highest BCUT2D eigenvalue weighted by atomic mass is 35.5. The Hall–Kier alpha value is -2.00. The molecule has 34 heavy (non-hydrogen) atoms. The number of carboxylic acids is 1. The largest absolute Gasteiger partial charge is 0.508 e. The van der Waals surface area contributed by atoms with Crippen LogP contribution in [-0.4, -0.2) is 35.9 Å². The molecule has 1 aliphatic carbocycles. The van der Waals surface area contributed by atoms with Crippen molar-refractivity contribution in [2.24, 2.45) is 0 Å². The highest BCUT2D eigenvalue weighted by molar-refractivity contribution is 6.64. The van der Waals surface area contributed by atoms with Crippen molar-refractivity contribution in [2.75, 3.05) is 0 Å². The number of phenolic OH excluding ortho intramolecular Hbond substituents is 2. The van der Waals surface area contributed by atoms with Crippen LogP contribution in [0.3, 0.4) is 0 Å². The number of halogens is 6. The number of hydrogen-bond donors (Lipinski definition) is 3. The lowest BCUT2D eigenvalue weighted by Crippen LogP contribution is -2.45. The van der Waals surface area contributed by atoms with Crippen LogP contribution in [0.15, 0.2) is 52.1 Å². The molecule has 5 rings (SSSR count). The van der Waals surface area contributed by atoms with Crippen LogP contribution in [0.5, 0.6) is 23.0 Å². The summed E-state index contributed by atoms with van der Waals surface area (Å²) in [6.07, 6.45) is 0. The van der Waals surface area contributed by atoms with Crippen LogP contribution in [0.2, 0.25) is 5.02 Å². The van der Waals surface area contributed by atoms with E-state index in [0.717, 1.165) is 6.07 Å². The Morgan fingerprint density at radius 3 is 2.21 bits per heavy atom. The number of carbonyl (C=O) groups is 2. The molecule has 0 bridgehead atoms. The van der Waals surface area contributed by atoms with E-state index in [-0.39, 0.29) is 44.7 Å². The third kappa shape index (κ3) is 2.86. The van der Waals surface area contributed by atoms with Crippen LogP contribution in [-0.2, 0) is 19.9 Å². The second-order valence-electron chi connectivity index (χ2n) is 7.55. The van der Waals surface area contributed by atoms with Gasteiger partial charge in [0.25, 0.3) is 0 Å². The minimum Gasteiger partial charge on any atom is -0.508 e. The maximum Gasteiger partial charge on any atom is 0.339 e. The summed E-state index contributed by atoms with van der Waals surface area (Å²) in [7, 11) is 0. The lowest BCUT2D eigenvalue weighted by atomic mass is 9.72. The summed E-state index contributed by atoms with van der Waals surface area (Å²) in [6.45, 7) is 0. The number of allylic oxidation sites excluding steroid dienone is 1. The number of ether oxygens (including phenoxy) is 2. The summed E-state index contributed by atoms with van der Waals surface area (Å²) in [4.78, 5) is 25.4. The molecule has 7 nitrogen and oxygen atoms in total. The van der Waals surface area contributed by atoms with Crippen molar-refractivity contribution < 1.29 is 34.4 Å². The van der Waals surface area contributed by atoms with Crippen molar-refractivity contribution in [1.29, 1.82) is 0 Å². The highest BCUT2D eigenvalue weighted by Gasteiger charge is 2.68. The van der Waals surface area contributed by atoms with Crippen LogP contribution in [0, 0.1) is 0 Å². The molecule has 1 unspecified atom stereocenters. The normalized spacial score (nSPS) is 23.8. The van der Waals surface area contributed by atoms with E-state index in [1.54, 1.807) is 0 Å². The van der Waals surface area contributed by atoms with E-state index in [1.807, 2.05) is 0 Å². The van der Waals surface area contributed by atoms with Gasteiger partial charge in [0.1, 0.15) is 23.0 Å². The molecule has 2 aliphatic heterocycles. The van der Waals surface area contributed by atoms with Gasteiger partial charge in [0.15, 0.2) is 14.3 Å². The van der Waals surface area contributed by atoms with Crippen LogP contribution in [0.25, 0.3) is 0 Å². The summed E-state index contributed by atoms with van der Waals surface area (Å²) >= 11 is 38.5. The Labute approximate surface area is 220 Å². The molecule has 0 saturated carbocycles. The number of carboxylic acid groups (broad SMARTS) is 1. The van der Waals surface area contributed by atoms with Gasteiger partial charge in [0.2, 0.25) is 0 Å². The first kappa shape index (κ1) is 23.7. The Balaban J connectivity index is 1.97. The van der Waals surface area contributed by atoms with E-state index in [2.05, 4.69) is 0 Å². The molecule has 13 heteroatoms. The smallest absolute Gasteiger partial charge is 0.339 e. The van der Waals surface area contributed by atoms with Crippen molar-refractivity contribution in [3.63, 3.8) is 0 Å². The van der Waals surface area contributed by atoms with Gasteiger partial charge in [-0.1, -0.05) is 69.6 Å². The molecular formula is C21H8Cl6O7. The first-order valence-electron chi connectivity index (χ1n) is 9.17. The summed E-state index contributed by atoms with van der Waals surface area (Å²) in [5.41, 5.74) is -3.58. The molecule has 1 atom stereocenters. The van der Waals surface area contributed by atoms with E-state index in [1.165, 1.54) is 24.3 Å². The number of phenols is 2. The molecule has 176 valence electrons. The third-order valence-electron chi connectivity index (χ3n) is 5.70. The molecule has 2 aromatic rings. The van der Waals surface area contributed by atoms with E-state index in [0.29, 0.717) is 0 Å². The fourth-order valence-electron chi connectivity index (χ4n) is 4.37. The number of esters is 1. The van der Waals surface area contributed by atoms with Gasteiger partial charge >= 0.3 is 11.9 Å². The SMILES string of the molecule is O=C(O)C1=C(Cl)C(Cl)(Cl)C2=C(C1(Cl)Cl)C1(OC2=O)c2ccc(O)cc2Oc2cc(O)c(Cl)cc21. The van der Waals surface area contributed by atoms with Crippen molar-refractivity contribution in [3.05, 3.63) is 68.2 Å². The molecule has 1 spiro atoms. The van der Waals surface area contributed by atoms with Crippen LogP contribution in [0.4, 0.5) is 0 Å². The lowest BCUT2D eigenvalue weighted by molar-refractivity contribution is -0.145. The number of carbonyl (C=O) groups excluding carboxylic acids is 1. The summed E-state index contributed by atoms with van der Waals surface area (Å²) < 4.78 is 6.77. The van der Waals surface area contributed by atoms with Crippen LogP contribution in [0.1, 0.15) is 11.1 Å². The molecule has 2 aromatic carbocycles. The number of aromatic hydroxyl groups is 2. The predicted molar refractivity (Wildman–Crippen MR) is 125 cm³/mol. The molecule has 3 N–H and O–H groups in total. The maximum absolute atomic E-state index is 13.3. The lowest BCUT2D eigenvalue weighted by Gasteiger charge is -2.43. The highest BCUT2D eigenvalue weighted by Crippen LogP contribution is 2.67. The topological polar surface area (TPSA) is 113 Å². The quantitative estimate of drug-likeness (QED) is 0.283. The first-order chi connectivity index (χ1) is 15.7. The Morgan fingerprint density at radius 2 is 1.56 bits per heavy atom. The molecular weight excluding hydrogens is 577 g/mol. The number of aliphatic carboxylic acids is 1. The molecule has 0 radical (unpaired) electrons. The minimum absolute atomic E-state index is 0.0211. The van der Waals surface area contributed by atoms with Crippen LogP contribution >= 0.6 is 69.6 Å². The molecule has 2 heterocycles. The van der Waals surface area contributed by atoms with Crippen molar-refractivity contribution >= 4 is 81.5 Å². The third-order valence-corrected chi connectivity index (χ3v) is 8.18. The molecule has 0 aromatic heterocycles. The Kier molecular flexibility index (Phi) is 5.07. The zero-order valence-corrected chi connectivity index (χ0v) is 20.7. The zero-order chi connectivity index (χ0) is 25.0. The molecule has 3 aliphatic rings. The van der Waals surface area contributed by atoms with Crippen LogP contribution < -0.4 is 4.74 Å². The number of benzene rings is 2. The summed E-state index contributed by atoms with van der Waals surface area (Å²) in [5, 5.41) is 29.2. The van der Waals surface area contributed by atoms with Gasteiger partial charge < -0.3 is 24.8 Å². The molecule has 0 saturated heterocycles. The van der Waals surface area contributed by atoms with E-state index in [9.17, 15) is 24.9 Å². The van der Waals surface area contributed by atoms with Gasteiger partial charge in [0, 0.05) is 28.8 Å². The predicted octanol–water partition coefficient (Wildman–Crippen LogP) is 5.89. The van der Waals surface area contributed by atoms with E-state index in [4.69, 9.17) is 79.1 Å². The minimum atomic E-state index is -2.49. The Bertz CT molecular complexity index is 1410. The van der Waals surface area contributed by atoms with Gasteiger partial charge in [-0.2, -0.15) is 0 Å². The number of fused-ring (bicyclic) bond motifs is 5.